The van der Waals surface area contributed by atoms with Gasteiger partial charge in [-0.15, -0.1) is 0 Å². The molecule has 1 unspecified atom stereocenters. The standard InChI is InChI=1S/C12H22ClN/c1-4-7-11(10-14-3)8-6-9-12(13)5-2/h5-6,9,11,14H,4,7-8,10H2,1-3H3/b9-6-,12-5+. The Hall–Kier alpha value is -0.270. The minimum absolute atomic E-state index is 0.738. The lowest BCUT2D eigenvalue weighted by atomic mass is 9.99. The van der Waals surface area contributed by atoms with E-state index in [-0.39, 0.29) is 0 Å². The fourth-order valence-electron chi connectivity index (χ4n) is 1.47. The average molecular weight is 216 g/mol. The van der Waals surface area contributed by atoms with Gasteiger partial charge >= 0.3 is 0 Å². The Morgan fingerprint density at radius 3 is 2.71 bits per heavy atom. The maximum absolute atomic E-state index is 5.86. The van der Waals surface area contributed by atoms with E-state index < -0.39 is 0 Å². The molecular weight excluding hydrogens is 194 g/mol. The Bertz CT molecular complexity index is 179. The van der Waals surface area contributed by atoms with Crippen molar-refractivity contribution in [3.05, 3.63) is 23.3 Å². The van der Waals surface area contributed by atoms with Crippen molar-refractivity contribution in [1.29, 1.82) is 0 Å². The van der Waals surface area contributed by atoms with Crippen molar-refractivity contribution in [2.75, 3.05) is 13.6 Å². The van der Waals surface area contributed by atoms with Crippen molar-refractivity contribution in [3.63, 3.8) is 0 Å². The summed E-state index contributed by atoms with van der Waals surface area (Å²) in [5, 5.41) is 4.05. The number of halogens is 1. The van der Waals surface area contributed by atoms with Gasteiger partial charge in [0.2, 0.25) is 0 Å². The summed E-state index contributed by atoms with van der Waals surface area (Å²) in [5.41, 5.74) is 0. The summed E-state index contributed by atoms with van der Waals surface area (Å²) >= 11 is 5.86. The van der Waals surface area contributed by atoms with Gasteiger partial charge in [0.05, 0.1) is 0 Å². The Kier molecular flexibility index (Phi) is 9.11. The van der Waals surface area contributed by atoms with E-state index in [9.17, 15) is 0 Å². The van der Waals surface area contributed by atoms with Gasteiger partial charge in [0.1, 0.15) is 0 Å². The Morgan fingerprint density at radius 1 is 1.50 bits per heavy atom. The van der Waals surface area contributed by atoms with Crippen LogP contribution < -0.4 is 5.32 Å². The van der Waals surface area contributed by atoms with Crippen molar-refractivity contribution in [1.82, 2.24) is 5.32 Å². The van der Waals surface area contributed by atoms with Gasteiger partial charge in [-0.25, -0.2) is 0 Å². The van der Waals surface area contributed by atoms with Gasteiger partial charge in [-0.3, -0.25) is 0 Å². The summed E-state index contributed by atoms with van der Waals surface area (Å²) in [6.45, 7) is 5.26. The minimum atomic E-state index is 0.738. The number of allylic oxidation sites excluding steroid dienone is 4. The molecule has 0 fully saturated rings. The minimum Gasteiger partial charge on any atom is -0.319 e. The van der Waals surface area contributed by atoms with Crippen LogP contribution in [0.1, 0.15) is 33.1 Å². The first kappa shape index (κ1) is 13.7. The highest BCUT2D eigenvalue weighted by Gasteiger charge is 2.03. The predicted molar refractivity (Wildman–Crippen MR) is 65.7 cm³/mol. The zero-order valence-corrected chi connectivity index (χ0v) is 10.3. The fourth-order valence-corrected chi connectivity index (χ4v) is 1.56. The van der Waals surface area contributed by atoms with Crippen LogP contribution in [0.15, 0.2) is 23.3 Å². The molecule has 1 nitrogen and oxygen atoms in total. The molecule has 0 aliphatic carbocycles. The summed E-state index contributed by atoms with van der Waals surface area (Å²) in [7, 11) is 2.01. The van der Waals surface area contributed by atoms with Crippen molar-refractivity contribution < 1.29 is 0 Å². The highest BCUT2D eigenvalue weighted by molar-refractivity contribution is 6.31. The molecule has 0 spiro atoms. The predicted octanol–water partition coefficient (Wildman–Crippen LogP) is 3.71. The molecule has 2 heteroatoms. The van der Waals surface area contributed by atoms with Crippen LogP contribution in [0.4, 0.5) is 0 Å². The molecule has 0 amide bonds. The molecule has 82 valence electrons. The number of nitrogens with one attached hydrogen (secondary N) is 1. The maximum Gasteiger partial charge on any atom is 0.0360 e. The van der Waals surface area contributed by atoms with Crippen molar-refractivity contribution in [2.24, 2.45) is 5.92 Å². The molecule has 1 atom stereocenters. The summed E-state index contributed by atoms with van der Waals surface area (Å²) in [6, 6.07) is 0. The van der Waals surface area contributed by atoms with E-state index in [1.807, 2.05) is 26.1 Å². The quantitative estimate of drug-likeness (QED) is 0.639. The Balaban J connectivity index is 3.85. The zero-order chi connectivity index (χ0) is 10.8. The van der Waals surface area contributed by atoms with E-state index in [1.54, 1.807) is 0 Å². The van der Waals surface area contributed by atoms with Crippen molar-refractivity contribution in [3.8, 4) is 0 Å². The van der Waals surface area contributed by atoms with E-state index in [0.717, 1.165) is 23.9 Å². The third kappa shape index (κ3) is 7.16. The number of rotatable bonds is 7. The van der Waals surface area contributed by atoms with Gasteiger partial charge in [-0.05, 0) is 45.4 Å². The second-order valence-electron chi connectivity index (χ2n) is 3.52. The molecule has 0 aromatic rings. The highest BCUT2D eigenvalue weighted by Crippen LogP contribution is 2.12. The first-order valence-corrected chi connectivity index (χ1v) is 5.75. The Morgan fingerprint density at radius 2 is 2.21 bits per heavy atom. The van der Waals surface area contributed by atoms with E-state index in [2.05, 4.69) is 18.3 Å². The Labute approximate surface area is 93.2 Å². The largest absolute Gasteiger partial charge is 0.319 e. The summed E-state index contributed by atoms with van der Waals surface area (Å²) in [4.78, 5) is 0. The molecule has 0 aliphatic heterocycles. The monoisotopic (exact) mass is 215 g/mol. The fraction of sp³-hybridized carbons (Fsp3) is 0.667. The first-order valence-electron chi connectivity index (χ1n) is 5.37. The summed E-state index contributed by atoms with van der Waals surface area (Å²) < 4.78 is 0. The molecule has 0 aromatic heterocycles. The lowest BCUT2D eigenvalue weighted by Gasteiger charge is -2.12. The van der Waals surface area contributed by atoms with Crippen LogP contribution in [-0.2, 0) is 0 Å². The lowest BCUT2D eigenvalue weighted by Crippen LogP contribution is -2.18. The molecule has 0 radical (unpaired) electrons. The van der Waals surface area contributed by atoms with Crippen LogP contribution in [0.2, 0.25) is 0 Å². The topological polar surface area (TPSA) is 12.0 Å². The second kappa shape index (κ2) is 9.29. The van der Waals surface area contributed by atoms with Gasteiger partial charge in [-0.2, -0.15) is 0 Å². The van der Waals surface area contributed by atoms with Crippen LogP contribution in [0.5, 0.6) is 0 Å². The van der Waals surface area contributed by atoms with Gasteiger partial charge in [0.15, 0.2) is 0 Å². The van der Waals surface area contributed by atoms with Crippen molar-refractivity contribution >= 4 is 11.6 Å². The first-order chi connectivity index (χ1) is 6.74. The highest BCUT2D eigenvalue weighted by atomic mass is 35.5. The van der Waals surface area contributed by atoms with E-state index in [4.69, 9.17) is 11.6 Å². The molecule has 14 heavy (non-hydrogen) atoms. The summed E-state index contributed by atoms with van der Waals surface area (Å²) in [6.07, 6.45) is 9.69. The zero-order valence-electron chi connectivity index (χ0n) is 9.52. The number of hydrogen-bond donors (Lipinski definition) is 1. The second-order valence-corrected chi connectivity index (χ2v) is 3.96. The normalized spacial score (nSPS) is 15.0. The van der Waals surface area contributed by atoms with Crippen LogP contribution in [0.25, 0.3) is 0 Å². The number of hydrogen-bond acceptors (Lipinski definition) is 1. The van der Waals surface area contributed by atoms with E-state index >= 15 is 0 Å². The van der Waals surface area contributed by atoms with Gasteiger partial charge < -0.3 is 5.32 Å². The molecule has 0 aromatic carbocycles. The molecule has 0 bridgehead atoms. The molecule has 0 saturated carbocycles. The van der Waals surface area contributed by atoms with E-state index in [0.29, 0.717) is 0 Å². The van der Waals surface area contributed by atoms with Gasteiger partial charge in [0.25, 0.3) is 0 Å². The SMILES string of the molecule is C/C=C(Cl)\C=C/CC(CCC)CNC. The maximum atomic E-state index is 5.86. The van der Waals surface area contributed by atoms with Crippen LogP contribution >= 0.6 is 11.6 Å². The molecule has 0 rings (SSSR count). The third-order valence-electron chi connectivity index (χ3n) is 2.21. The third-order valence-corrected chi connectivity index (χ3v) is 2.56. The van der Waals surface area contributed by atoms with Crippen LogP contribution in [0, 0.1) is 5.92 Å². The lowest BCUT2D eigenvalue weighted by molar-refractivity contribution is 0.463. The molecule has 0 heterocycles. The van der Waals surface area contributed by atoms with Gasteiger partial charge in [-0.1, -0.05) is 37.1 Å². The molecule has 0 aliphatic rings. The van der Waals surface area contributed by atoms with Crippen LogP contribution in [0.3, 0.4) is 0 Å². The summed E-state index contributed by atoms with van der Waals surface area (Å²) in [5.74, 6) is 0.738. The van der Waals surface area contributed by atoms with Crippen LogP contribution in [-0.4, -0.2) is 13.6 Å². The smallest absolute Gasteiger partial charge is 0.0360 e. The molecule has 0 saturated heterocycles. The molecule has 1 N–H and O–H groups in total. The molecular formula is C12H22ClN. The van der Waals surface area contributed by atoms with Crippen molar-refractivity contribution in [2.45, 2.75) is 33.1 Å². The van der Waals surface area contributed by atoms with E-state index in [1.165, 1.54) is 12.8 Å². The average Bonchev–Trinajstić information content (AvgIpc) is 2.18. The van der Waals surface area contributed by atoms with Gasteiger partial charge in [0, 0.05) is 5.03 Å².